The van der Waals surface area contributed by atoms with E-state index in [9.17, 15) is 18.0 Å². The Morgan fingerprint density at radius 3 is 2.23 bits per heavy atom. The molecule has 1 aromatic carbocycles. The van der Waals surface area contributed by atoms with E-state index in [0.717, 1.165) is 16.1 Å². The van der Waals surface area contributed by atoms with Gasteiger partial charge in [0, 0.05) is 33.1 Å². The molecule has 2 amide bonds. The Hall–Kier alpha value is -2.29. The van der Waals surface area contributed by atoms with Crippen LogP contribution in [0.15, 0.2) is 18.2 Å². The SMILES string of the molecule is COc1ccc(C)cc1N(CC(=O)N1CCN(C(C)=O)CC1)S(C)(=O)=O. The molecule has 0 unspecified atom stereocenters. The van der Waals surface area contributed by atoms with Crippen molar-refractivity contribution in [3.63, 3.8) is 0 Å². The Morgan fingerprint density at radius 2 is 1.73 bits per heavy atom. The number of ether oxygens (including phenoxy) is 1. The summed E-state index contributed by atoms with van der Waals surface area (Å²) in [6, 6.07) is 5.17. The molecule has 0 atom stereocenters. The average molecular weight is 383 g/mol. The van der Waals surface area contributed by atoms with Crippen LogP contribution in [0.3, 0.4) is 0 Å². The first-order chi connectivity index (χ1) is 12.1. The van der Waals surface area contributed by atoms with E-state index >= 15 is 0 Å². The van der Waals surface area contributed by atoms with Crippen LogP contribution in [-0.4, -0.2) is 76.1 Å². The maximum atomic E-state index is 12.7. The van der Waals surface area contributed by atoms with E-state index in [0.29, 0.717) is 37.6 Å². The first kappa shape index (κ1) is 20.0. The summed E-state index contributed by atoms with van der Waals surface area (Å²) in [4.78, 5) is 27.3. The van der Waals surface area contributed by atoms with Gasteiger partial charge in [-0.25, -0.2) is 8.42 Å². The minimum absolute atomic E-state index is 0.0284. The zero-order valence-electron chi connectivity index (χ0n) is 15.6. The highest BCUT2D eigenvalue weighted by molar-refractivity contribution is 7.92. The number of carbonyl (C=O) groups is 2. The topological polar surface area (TPSA) is 87.2 Å². The number of piperazine rings is 1. The number of benzene rings is 1. The van der Waals surface area contributed by atoms with Gasteiger partial charge in [-0.05, 0) is 24.6 Å². The molecule has 9 heteroatoms. The molecule has 2 rings (SSSR count). The Morgan fingerprint density at radius 1 is 1.15 bits per heavy atom. The molecule has 0 bridgehead atoms. The van der Waals surface area contributed by atoms with Crippen molar-refractivity contribution in [2.45, 2.75) is 13.8 Å². The number of hydrogen-bond donors (Lipinski definition) is 0. The lowest BCUT2D eigenvalue weighted by Gasteiger charge is -2.35. The lowest BCUT2D eigenvalue weighted by atomic mass is 10.2. The number of carbonyl (C=O) groups excluding carboxylic acids is 2. The number of methoxy groups -OCH3 is 1. The zero-order chi connectivity index (χ0) is 19.5. The molecule has 0 radical (unpaired) electrons. The third kappa shape index (κ3) is 4.66. The normalized spacial score (nSPS) is 14.9. The number of hydrogen-bond acceptors (Lipinski definition) is 5. The highest BCUT2D eigenvalue weighted by atomic mass is 32.2. The fraction of sp³-hybridized carbons (Fsp3) is 0.529. The van der Waals surface area contributed by atoms with Crippen molar-refractivity contribution in [1.82, 2.24) is 9.80 Å². The molecule has 1 aliphatic heterocycles. The summed E-state index contributed by atoms with van der Waals surface area (Å²) >= 11 is 0. The van der Waals surface area contributed by atoms with Gasteiger partial charge in [-0.1, -0.05) is 6.07 Å². The van der Waals surface area contributed by atoms with Crippen LogP contribution in [-0.2, 0) is 19.6 Å². The second kappa shape index (κ2) is 7.94. The molecule has 0 saturated carbocycles. The molecule has 0 spiro atoms. The molecule has 1 aromatic rings. The van der Waals surface area contributed by atoms with Crippen molar-refractivity contribution in [3.05, 3.63) is 23.8 Å². The molecule has 1 heterocycles. The predicted octanol–water partition coefficient (Wildman–Crippen LogP) is 0.460. The third-order valence-electron chi connectivity index (χ3n) is 4.36. The Balaban J connectivity index is 2.21. The van der Waals surface area contributed by atoms with Crippen LogP contribution in [0.25, 0.3) is 0 Å². The highest BCUT2D eigenvalue weighted by Crippen LogP contribution is 2.31. The standard InChI is InChI=1S/C17H25N3O5S/c1-13-5-6-16(25-3)15(11-13)20(26(4,23)24)12-17(22)19-9-7-18(8-10-19)14(2)21/h5-6,11H,7-10,12H2,1-4H3. The number of rotatable bonds is 5. The number of sulfonamides is 1. The first-order valence-electron chi connectivity index (χ1n) is 8.29. The lowest BCUT2D eigenvalue weighted by Crippen LogP contribution is -2.52. The van der Waals surface area contributed by atoms with Gasteiger partial charge in [-0.2, -0.15) is 0 Å². The van der Waals surface area contributed by atoms with Gasteiger partial charge >= 0.3 is 0 Å². The van der Waals surface area contributed by atoms with E-state index in [1.165, 1.54) is 14.0 Å². The van der Waals surface area contributed by atoms with Gasteiger partial charge in [0.05, 0.1) is 19.1 Å². The fourth-order valence-electron chi connectivity index (χ4n) is 2.87. The van der Waals surface area contributed by atoms with Gasteiger partial charge < -0.3 is 14.5 Å². The molecule has 8 nitrogen and oxygen atoms in total. The van der Waals surface area contributed by atoms with Crippen molar-refractivity contribution in [3.8, 4) is 5.75 Å². The smallest absolute Gasteiger partial charge is 0.243 e. The van der Waals surface area contributed by atoms with Crippen molar-refractivity contribution >= 4 is 27.5 Å². The van der Waals surface area contributed by atoms with E-state index < -0.39 is 10.0 Å². The average Bonchev–Trinajstić information content (AvgIpc) is 2.58. The van der Waals surface area contributed by atoms with Crippen molar-refractivity contribution in [1.29, 1.82) is 0 Å². The molecule has 0 N–H and O–H groups in total. The summed E-state index contributed by atoms with van der Waals surface area (Å²) in [7, 11) is -2.23. The molecule has 1 fully saturated rings. The monoisotopic (exact) mass is 383 g/mol. The quantitative estimate of drug-likeness (QED) is 0.737. The minimum atomic E-state index is -3.68. The van der Waals surface area contributed by atoms with E-state index in [-0.39, 0.29) is 18.4 Å². The van der Waals surface area contributed by atoms with E-state index in [1.54, 1.807) is 21.9 Å². The summed E-state index contributed by atoms with van der Waals surface area (Å²) < 4.78 is 31.0. The van der Waals surface area contributed by atoms with Crippen LogP contribution in [0, 0.1) is 6.92 Å². The van der Waals surface area contributed by atoms with Crippen LogP contribution in [0.5, 0.6) is 5.75 Å². The van der Waals surface area contributed by atoms with E-state index in [2.05, 4.69) is 0 Å². The van der Waals surface area contributed by atoms with Gasteiger partial charge in [0.15, 0.2) is 0 Å². The van der Waals surface area contributed by atoms with E-state index in [1.807, 2.05) is 13.0 Å². The van der Waals surface area contributed by atoms with Crippen LogP contribution in [0.1, 0.15) is 12.5 Å². The second-order valence-corrected chi connectivity index (χ2v) is 8.24. The summed E-state index contributed by atoms with van der Waals surface area (Å²) in [5.74, 6) is 0.0526. The largest absolute Gasteiger partial charge is 0.495 e. The van der Waals surface area contributed by atoms with Crippen LogP contribution >= 0.6 is 0 Å². The summed E-state index contributed by atoms with van der Waals surface area (Å²) in [5, 5.41) is 0. The second-order valence-electron chi connectivity index (χ2n) is 6.33. The molecule has 0 aliphatic carbocycles. The summed E-state index contributed by atoms with van der Waals surface area (Å²) in [6.07, 6.45) is 1.07. The Labute approximate surface area is 154 Å². The zero-order valence-corrected chi connectivity index (χ0v) is 16.4. The van der Waals surface area contributed by atoms with Gasteiger partial charge in [-0.3, -0.25) is 13.9 Å². The Kier molecular flexibility index (Phi) is 6.12. The van der Waals surface area contributed by atoms with Gasteiger partial charge in [0.25, 0.3) is 0 Å². The van der Waals surface area contributed by atoms with Crippen LogP contribution in [0.2, 0.25) is 0 Å². The fourth-order valence-corrected chi connectivity index (χ4v) is 3.71. The number of nitrogens with zero attached hydrogens (tertiary/aromatic N) is 3. The van der Waals surface area contributed by atoms with Crippen LogP contribution in [0.4, 0.5) is 5.69 Å². The third-order valence-corrected chi connectivity index (χ3v) is 5.49. The molecule has 1 aliphatic rings. The maximum Gasteiger partial charge on any atom is 0.243 e. The summed E-state index contributed by atoms with van der Waals surface area (Å²) in [5.41, 5.74) is 1.20. The summed E-state index contributed by atoms with van der Waals surface area (Å²) in [6.45, 7) is 4.71. The number of amides is 2. The minimum Gasteiger partial charge on any atom is -0.495 e. The molecular weight excluding hydrogens is 358 g/mol. The molecule has 1 saturated heterocycles. The maximum absolute atomic E-state index is 12.7. The first-order valence-corrected chi connectivity index (χ1v) is 10.1. The van der Waals surface area contributed by atoms with Crippen molar-refractivity contribution < 1.29 is 22.7 Å². The van der Waals surface area contributed by atoms with Crippen molar-refractivity contribution in [2.24, 2.45) is 0 Å². The number of aryl methyl sites for hydroxylation is 1. The molecular formula is C17H25N3O5S. The highest BCUT2D eigenvalue weighted by Gasteiger charge is 2.28. The van der Waals surface area contributed by atoms with Crippen molar-refractivity contribution in [2.75, 3.05) is 50.4 Å². The predicted molar refractivity (Wildman–Crippen MR) is 98.8 cm³/mol. The van der Waals surface area contributed by atoms with Gasteiger partial charge in [-0.15, -0.1) is 0 Å². The van der Waals surface area contributed by atoms with Gasteiger partial charge in [0.2, 0.25) is 21.8 Å². The van der Waals surface area contributed by atoms with E-state index in [4.69, 9.17) is 4.74 Å². The lowest BCUT2D eigenvalue weighted by molar-refractivity contribution is -0.137. The number of anilines is 1. The van der Waals surface area contributed by atoms with Crippen LogP contribution < -0.4 is 9.04 Å². The van der Waals surface area contributed by atoms with Gasteiger partial charge in [0.1, 0.15) is 12.3 Å². The Bertz CT molecular complexity index is 786. The molecule has 144 valence electrons. The molecule has 26 heavy (non-hydrogen) atoms. The molecule has 0 aromatic heterocycles.